The Hall–Kier alpha value is -0.167. The summed E-state index contributed by atoms with van der Waals surface area (Å²) in [7, 11) is 0. The summed E-state index contributed by atoms with van der Waals surface area (Å²) in [5.74, 6) is -0.307. The predicted octanol–water partition coefficient (Wildman–Crippen LogP) is 3.85. The van der Waals surface area contributed by atoms with Crippen molar-refractivity contribution in [1.82, 2.24) is 0 Å². The van der Waals surface area contributed by atoms with E-state index in [0.717, 1.165) is 12.8 Å². The zero-order valence-corrected chi connectivity index (χ0v) is 12.1. The van der Waals surface area contributed by atoms with Crippen LogP contribution in [0.5, 0.6) is 0 Å². The smallest absolute Gasteiger partial charge is 0.330 e. The molecule has 0 radical (unpaired) electrons. The van der Waals surface area contributed by atoms with E-state index in [2.05, 4.69) is 13.5 Å². The first kappa shape index (κ1) is 18.2. The van der Waals surface area contributed by atoms with Crippen molar-refractivity contribution in [2.75, 3.05) is 6.61 Å². The molecule has 0 N–H and O–H groups in total. The summed E-state index contributed by atoms with van der Waals surface area (Å²) in [6.07, 6.45) is 11.3. The zero-order chi connectivity index (χ0) is 11.4. The molecule has 0 saturated heterocycles. The number of ether oxygens (including phenoxy) is 1. The number of hydrogen-bond donors (Lipinski definition) is 0. The van der Waals surface area contributed by atoms with Crippen molar-refractivity contribution in [2.24, 2.45) is 0 Å². The van der Waals surface area contributed by atoms with Gasteiger partial charge in [0.25, 0.3) is 0 Å². The third kappa shape index (κ3) is 13.8. The number of carbonyl (C=O) groups is 1. The summed E-state index contributed by atoms with van der Waals surface area (Å²) in [5, 5.41) is 0. The van der Waals surface area contributed by atoms with Crippen molar-refractivity contribution >= 4 is 5.97 Å². The van der Waals surface area contributed by atoms with Crippen LogP contribution in [0.2, 0.25) is 0 Å². The van der Waals surface area contributed by atoms with Crippen LogP contribution in [0.3, 0.4) is 0 Å². The zero-order valence-electron chi connectivity index (χ0n) is 10.3. The largest absolute Gasteiger partial charge is 0.463 e. The van der Waals surface area contributed by atoms with Gasteiger partial charge < -0.3 is 4.74 Å². The van der Waals surface area contributed by atoms with E-state index in [1.807, 2.05) is 0 Å². The summed E-state index contributed by atoms with van der Waals surface area (Å²) in [4.78, 5) is 10.7. The molecule has 0 bridgehead atoms. The molecule has 16 heavy (non-hydrogen) atoms. The van der Waals surface area contributed by atoms with Crippen LogP contribution in [-0.4, -0.2) is 12.6 Å². The van der Waals surface area contributed by atoms with Crippen LogP contribution < -0.4 is 0 Å². The van der Waals surface area contributed by atoms with Gasteiger partial charge in [-0.25, -0.2) is 4.79 Å². The quantitative estimate of drug-likeness (QED) is 0.265. The van der Waals surface area contributed by atoms with Crippen molar-refractivity contribution in [3.05, 3.63) is 12.7 Å². The SMILES string of the molecule is C=CC(=O)OCCCCCCCCCC.[Ru]. The fraction of sp³-hybridized carbons (Fsp3) is 0.769. The number of unbranched alkanes of at least 4 members (excludes halogenated alkanes) is 7. The van der Waals surface area contributed by atoms with Crippen LogP contribution in [0.1, 0.15) is 58.3 Å². The molecule has 0 aromatic heterocycles. The van der Waals surface area contributed by atoms with Crippen LogP contribution in [0.15, 0.2) is 12.7 Å². The molecule has 0 amide bonds. The van der Waals surface area contributed by atoms with Gasteiger partial charge >= 0.3 is 5.97 Å². The molecule has 0 rings (SSSR count). The Morgan fingerprint density at radius 1 is 1.06 bits per heavy atom. The van der Waals surface area contributed by atoms with Crippen LogP contribution in [0.4, 0.5) is 0 Å². The number of carbonyl (C=O) groups excluding carboxylic acids is 1. The molecule has 0 heterocycles. The van der Waals surface area contributed by atoms with Gasteiger partial charge in [0.05, 0.1) is 6.61 Å². The third-order valence-electron chi connectivity index (χ3n) is 2.41. The minimum atomic E-state index is -0.307. The molecule has 2 nitrogen and oxygen atoms in total. The molecule has 0 spiro atoms. The average molecular weight is 313 g/mol. The Balaban J connectivity index is 0. The first-order chi connectivity index (χ1) is 7.31. The maximum atomic E-state index is 10.7. The molecule has 0 fully saturated rings. The summed E-state index contributed by atoms with van der Waals surface area (Å²) >= 11 is 0. The monoisotopic (exact) mass is 314 g/mol. The molecule has 0 aliphatic heterocycles. The van der Waals surface area contributed by atoms with Gasteiger partial charge in [-0.05, 0) is 6.42 Å². The van der Waals surface area contributed by atoms with Gasteiger partial charge in [-0.3, -0.25) is 0 Å². The Labute approximate surface area is 113 Å². The maximum absolute atomic E-state index is 10.7. The van der Waals surface area contributed by atoms with E-state index in [4.69, 9.17) is 4.74 Å². The first-order valence-corrected chi connectivity index (χ1v) is 6.10. The summed E-state index contributed by atoms with van der Waals surface area (Å²) in [5.41, 5.74) is 0. The average Bonchev–Trinajstić information content (AvgIpc) is 2.26. The molecule has 0 atom stereocenters. The topological polar surface area (TPSA) is 26.3 Å². The van der Waals surface area contributed by atoms with Gasteiger partial charge in [0, 0.05) is 25.6 Å². The van der Waals surface area contributed by atoms with Crippen LogP contribution in [-0.2, 0) is 29.0 Å². The van der Waals surface area contributed by atoms with Crippen molar-refractivity contribution in [1.29, 1.82) is 0 Å². The van der Waals surface area contributed by atoms with E-state index in [1.54, 1.807) is 0 Å². The van der Waals surface area contributed by atoms with Crippen LogP contribution in [0.25, 0.3) is 0 Å². The van der Waals surface area contributed by atoms with Crippen LogP contribution in [0, 0.1) is 0 Å². The second-order valence-electron chi connectivity index (χ2n) is 3.85. The van der Waals surface area contributed by atoms with Crippen molar-refractivity contribution in [3.63, 3.8) is 0 Å². The standard InChI is InChI=1S/C13H24O2.Ru/c1-3-5-6-7-8-9-10-11-12-15-13(14)4-2;/h4H,2-3,5-12H2,1H3;. The second-order valence-corrected chi connectivity index (χ2v) is 3.85. The number of rotatable bonds is 10. The second kappa shape index (κ2) is 14.8. The van der Waals surface area contributed by atoms with Gasteiger partial charge in [0.15, 0.2) is 0 Å². The Morgan fingerprint density at radius 3 is 2.06 bits per heavy atom. The van der Waals surface area contributed by atoms with Gasteiger partial charge in [0.1, 0.15) is 0 Å². The third-order valence-corrected chi connectivity index (χ3v) is 2.41. The summed E-state index contributed by atoms with van der Waals surface area (Å²) in [6.45, 7) is 6.11. The van der Waals surface area contributed by atoms with E-state index in [1.165, 1.54) is 44.6 Å². The number of hydrogen-bond acceptors (Lipinski definition) is 2. The molecule has 0 aromatic rings. The van der Waals surface area contributed by atoms with Gasteiger partial charge in [-0.15, -0.1) is 0 Å². The number of esters is 1. The molecule has 0 aromatic carbocycles. The Kier molecular flexibility index (Phi) is 16.9. The molecule has 96 valence electrons. The molecule has 0 aliphatic rings. The van der Waals surface area contributed by atoms with Gasteiger partial charge in [-0.1, -0.05) is 58.4 Å². The molecule has 0 saturated carbocycles. The summed E-state index contributed by atoms with van der Waals surface area (Å²) < 4.78 is 4.88. The van der Waals surface area contributed by atoms with E-state index in [-0.39, 0.29) is 25.4 Å². The molecular weight excluding hydrogens is 289 g/mol. The normalized spacial score (nSPS) is 9.31. The van der Waals surface area contributed by atoms with E-state index >= 15 is 0 Å². The van der Waals surface area contributed by atoms with E-state index in [0.29, 0.717) is 6.61 Å². The van der Waals surface area contributed by atoms with E-state index < -0.39 is 0 Å². The first-order valence-electron chi connectivity index (χ1n) is 6.10. The minimum absolute atomic E-state index is 0. The van der Waals surface area contributed by atoms with Gasteiger partial charge in [0.2, 0.25) is 0 Å². The fourth-order valence-corrected chi connectivity index (χ4v) is 1.47. The van der Waals surface area contributed by atoms with Crippen molar-refractivity contribution in [3.8, 4) is 0 Å². The van der Waals surface area contributed by atoms with Crippen LogP contribution >= 0.6 is 0 Å². The molecular formula is C13H24O2Ru. The summed E-state index contributed by atoms with van der Waals surface area (Å²) in [6, 6.07) is 0. The molecule has 3 heteroatoms. The predicted molar refractivity (Wildman–Crippen MR) is 63.8 cm³/mol. The molecule has 0 unspecified atom stereocenters. The molecule has 0 aliphatic carbocycles. The van der Waals surface area contributed by atoms with Gasteiger partial charge in [-0.2, -0.15) is 0 Å². The van der Waals surface area contributed by atoms with Crippen molar-refractivity contribution in [2.45, 2.75) is 58.3 Å². The minimum Gasteiger partial charge on any atom is -0.463 e. The van der Waals surface area contributed by atoms with E-state index in [9.17, 15) is 4.79 Å². The Morgan fingerprint density at radius 2 is 1.56 bits per heavy atom. The maximum Gasteiger partial charge on any atom is 0.330 e. The fourth-order valence-electron chi connectivity index (χ4n) is 1.47. The van der Waals surface area contributed by atoms with Crippen molar-refractivity contribution < 1.29 is 29.0 Å². The Bertz CT molecular complexity index is 169.